The van der Waals surface area contributed by atoms with Gasteiger partial charge < -0.3 is 23.8 Å². The molecule has 2 aromatic rings. The summed E-state index contributed by atoms with van der Waals surface area (Å²) in [5.41, 5.74) is 0.680. The normalized spacial score (nSPS) is 16.8. The van der Waals surface area contributed by atoms with Gasteiger partial charge in [0.1, 0.15) is 0 Å². The molecule has 3 rings (SSSR count). The molecule has 0 spiro atoms. The Morgan fingerprint density at radius 1 is 1.14 bits per heavy atom. The van der Waals surface area contributed by atoms with E-state index in [1.165, 1.54) is 0 Å². The first-order chi connectivity index (χ1) is 13.6. The number of aromatic nitrogens is 2. The number of aliphatic hydroxyl groups is 1. The van der Waals surface area contributed by atoms with Crippen LogP contribution in [-0.4, -0.2) is 60.7 Å². The van der Waals surface area contributed by atoms with Crippen molar-refractivity contribution in [2.75, 3.05) is 34.4 Å². The quantitative estimate of drug-likeness (QED) is 0.735. The number of benzene rings is 1. The van der Waals surface area contributed by atoms with Gasteiger partial charge >= 0.3 is 0 Å². The highest BCUT2D eigenvalue weighted by molar-refractivity contribution is 5.71. The van der Waals surface area contributed by atoms with Crippen LogP contribution in [0.25, 0.3) is 11.4 Å². The summed E-state index contributed by atoms with van der Waals surface area (Å²) in [5.74, 6) is 2.96. The Kier molecular flexibility index (Phi) is 6.74. The molecular weight excluding hydrogens is 362 g/mol. The summed E-state index contributed by atoms with van der Waals surface area (Å²) in [7, 11) is 4.70. The number of likely N-dealkylation sites (tertiary alicyclic amines) is 1. The first kappa shape index (κ1) is 20.4. The van der Waals surface area contributed by atoms with Crippen molar-refractivity contribution in [2.45, 2.75) is 38.8 Å². The van der Waals surface area contributed by atoms with Crippen LogP contribution in [0.4, 0.5) is 0 Å². The molecule has 1 aliphatic rings. The second-order valence-electron chi connectivity index (χ2n) is 6.98. The molecule has 1 aromatic carbocycles. The van der Waals surface area contributed by atoms with Gasteiger partial charge in [-0.05, 0) is 50.4 Å². The van der Waals surface area contributed by atoms with Crippen LogP contribution in [0.1, 0.15) is 32.1 Å². The average Bonchev–Trinajstić information content (AvgIpc) is 3.20. The zero-order chi connectivity index (χ0) is 20.1. The lowest BCUT2D eigenvalue weighted by molar-refractivity contribution is 0.0521. The Labute approximate surface area is 165 Å². The minimum absolute atomic E-state index is 0.199. The molecule has 0 amide bonds. The summed E-state index contributed by atoms with van der Waals surface area (Å²) >= 11 is 0. The summed E-state index contributed by atoms with van der Waals surface area (Å²) in [5, 5.41) is 14.1. The van der Waals surface area contributed by atoms with E-state index >= 15 is 0 Å². The van der Waals surface area contributed by atoms with E-state index in [2.05, 4.69) is 15.0 Å². The van der Waals surface area contributed by atoms with Crippen LogP contribution >= 0.6 is 0 Å². The van der Waals surface area contributed by atoms with Gasteiger partial charge in [0.15, 0.2) is 11.5 Å². The predicted octanol–water partition coefficient (Wildman–Crippen LogP) is 2.75. The number of methoxy groups -OCH3 is 3. The molecule has 28 heavy (non-hydrogen) atoms. The van der Waals surface area contributed by atoms with Crippen LogP contribution in [0.2, 0.25) is 0 Å². The maximum atomic E-state index is 10.0. The Morgan fingerprint density at radius 2 is 1.86 bits per heavy atom. The Balaban J connectivity index is 1.71. The molecule has 1 aromatic heterocycles. The van der Waals surface area contributed by atoms with Gasteiger partial charge in [-0.25, -0.2) is 0 Å². The van der Waals surface area contributed by atoms with Crippen LogP contribution in [0, 0.1) is 5.92 Å². The SMILES string of the molecule is CC[C@@H](O)C1CCN(Cc2nc(-c3ccc(OC)c(OC)c3OC)no2)CC1. The molecule has 0 saturated carbocycles. The fourth-order valence-corrected chi connectivity index (χ4v) is 3.73. The number of piperidine rings is 1. The lowest BCUT2D eigenvalue weighted by atomic mass is 9.90. The molecule has 8 nitrogen and oxygen atoms in total. The van der Waals surface area contributed by atoms with Crippen molar-refractivity contribution in [1.29, 1.82) is 0 Å². The van der Waals surface area contributed by atoms with Crippen LogP contribution in [0.15, 0.2) is 16.7 Å². The van der Waals surface area contributed by atoms with E-state index in [1.54, 1.807) is 27.4 Å². The minimum Gasteiger partial charge on any atom is -0.493 e. The minimum atomic E-state index is -0.199. The zero-order valence-electron chi connectivity index (χ0n) is 17.0. The topological polar surface area (TPSA) is 90.1 Å². The largest absolute Gasteiger partial charge is 0.493 e. The molecule has 0 unspecified atom stereocenters. The van der Waals surface area contributed by atoms with Gasteiger partial charge in [-0.1, -0.05) is 12.1 Å². The fraction of sp³-hybridized carbons (Fsp3) is 0.600. The van der Waals surface area contributed by atoms with Crippen molar-refractivity contribution in [2.24, 2.45) is 5.92 Å². The lowest BCUT2D eigenvalue weighted by Crippen LogP contribution is -2.37. The molecule has 1 aliphatic heterocycles. The van der Waals surface area contributed by atoms with E-state index in [0.29, 0.717) is 47.0 Å². The molecule has 1 fully saturated rings. The van der Waals surface area contributed by atoms with Crippen molar-refractivity contribution in [3.05, 3.63) is 18.0 Å². The van der Waals surface area contributed by atoms with Crippen molar-refractivity contribution in [1.82, 2.24) is 15.0 Å². The molecule has 0 aliphatic carbocycles. The van der Waals surface area contributed by atoms with Crippen LogP contribution < -0.4 is 14.2 Å². The third-order valence-electron chi connectivity index (χ3n) is 5.37. The van der Waals surface area contributed by atoms with Gasteiger partial charge in [0.25, 0.3) is 0 Å². The standard InChI is InChI=1S/C20H29N3O5/c1-5-15(24)13-8-10-23(11-9-13)12-17-21-20(22-28-17)14-6-7-16(25-2)19(27-4)18(14)26-3/h6-7,13,15,24H,5,8-12H2,1-4H3/t15-/m1/s1. The number of rotatable bonds is 8. The first-order valence-electron chi connectivity index (χ1n) is 9.63. The van der Waals surface area contributed by atoms with Gasteiger partial charge in [0.2, 0.25) is 17.5 Å². The molecule has 8 heteroatoms. The van der Waals surface area contributed by atoms with E-state index in [4.69, 9.17) is 18.7 Å². The van der Waals surface area contributed by atoms with Crippen molar-refractivity contribution in [3.8, 4) is 28.6 Å². The van der Waals surface area contributed by atoms with Crippen molar-refractivity contribution >= 4 is 0 Å². The fourth-order valence-electron chi connectivity index (χ4n) is 3.73. The second-order valence-corrected chi connectivity index (χ2v) is 6.98. The molecule has 2 heterocycles. The molecule has 0 radical (unpaired) electrons. The molecule has 1 saturated heterocycles. The smallest absolute Gasteiger partial charge is 0.241 e. The highest BCUT2D eigenvalue weighted by Crippen LogP contribution is 2.43. The second kappa shape index (κ2) is 9.25. The van der Waals surface area contributed by atoms with E-state index in [1.807, 2.05) is 13.0 Å². The summed E-state index contributed by atoms with van der Waals surface area (Å²) in [6, 6.07) is 3.61. The van der Waals surface area contributed by atoms with Gasteiger partial charge in [-0.3, -0.25) is 4.90 Å². The van der Waals surface area contributed by atoms with Gasteiger partial charge in [0, 0.05) is 0 Å². The number of ether oxygens (including phenoxy) is 3. The summed E-state index contributed by atoms with van der Waals surface area (Å²) in [4.78, 5) is 6.82. The molecule has 1 atom stereocenters. The Bertz CT molecular complexity index is 771. The Morgan fingerprint density at radius 3 is 2.46 bits per heavy atom. The van der Waals surface area contributed by atoms with E-state index in [9.17, 15) is 5.11 Å². The summed E-state index contributed by atoms with van der Waals surface area (Å²) < 4.78 is 21.7. The third kappa shape index (κ3) is 4.23. The van der Waals surface area contributed by atoms with Crippen molar-refractivity contribution < 1.29 is 23.8 Å². The molecular formula is C20H29N3O5. The predicted molar refractivity (Wildman–Crippen MR) is 104 cm³/mol. The lowest BCUT2D eigenvalue weighted by Gasteiger charge is -2.33. The van der Waals surface area contributed by atoms with Crippen molar-refractivity contribution in [3.63, 3.8) is 0 Å². The van der Waals surface area contributed by atoms with E-state index < -0.39 is 0 Å². The maximum Gasteiger partial charge on any atom is 0.241 e. The summed E-state index contributed by atoms with van der Waals surface area (Å²) in [6.45, 7) is 4.45. The number of nitrogens with zero attached hydrogens (tertiary/aromatic N) is 3. The third-order valence-corrected chi connectivity index (χ3v) is 5.37. The zero-order valence-corrected chi connectivity index (χ0v) is 17.0. The van der Waals surface area contributed by atoms with E-state index in [-0.39, 0.29) is 6.10 Å². The molecule has 1 N–H and O–H groups in total. The highest BCUT2D eigenvalue weighted by Gasteiger charge is 2.26. The first-order valence-corrected chi connectivity index (χ1v) is 9.63. The average molecular weight is 391 g/mol. The molecule has 154 valence electrons. The highest BCUT2D eigenvalue weighted by atomic mass is 16.5. The van der Waals surface area contributed by atoms with Crippen LogP contribution in [0.3, 0.4) is 0 Å². The number of aliphatic hydroxyl groups excluding tert-OH is 1. The van der Waals surface area contributed by atoms with Crippen LogP contribution in [0.5, 0.6) is 17.2 Å². The van der Waals surface area contributed by atoms with Gasteiger partial charge in [-0.2, -0.15) is 4.98 Å². The Hall–Kier alpha value is -2.32. The van der Waals surface area contributed by atoms with Gasteiger partial charge in [-0.15, -0.1) is 0 Å². The van der Waals surface area contributed by atoms with Crippen LogP contribution in [-0.2, 0) is 6.54 Å². The molecule has 0 bridgehead atoms. The number of hydrogen-bond acceptors (Lipinski definition) is 8. The summed E-state index contributed by atoms with van der Waals surface area (Å²) in [6.07, 6.45) is 2.58. The maximum absolute atomic E-state index is 10.0. The number of hydrogen-bond donors (Lipinski definition) is 1. The monoisotopic (exact) mass is 391 g/mol. The van der Waals surface area contributed by atoms with E-state index in [0.717, 1.165) is 32.4 Å². The van der Waals surface area contributed by atoms with Gasteiger partial charge in [0.05, 0.1) is 39.5 Å².